The lowest BCUT2D eigenvalue weighted by Gasteiger charge is -2.22. The van der Waals surface area contributed by atoms with Gasteiger partial charge in [-0.25, -0.2) is 0 Å². The number of halogens is 3. The summed E-state index contributed by atoms with van der Waals surface area (Å²) in [7, 11) is -3.07. The third-order valence-corrected chi connectivity index (χ3v) is 5.59. The van der Waals surface area contributed by atoms with Gasteiger partial charge in [0.2, 0.25) is 0 Å². The molecule has 7 nitrogen and oxygen atoms in total. The third-order valence-electron chi connectivity index (χ3n) is 2.91. The summed E-state index contributed by atoms with van der Waals surface area (Å²) in [6.07, 6.45) is 0. The topological polar surface area (TPSA) is 89.8 Å². The van der Waals surface area contributed by atoms with Crippen LogP contribution in [0.4, 0.5) is 11.4 Å². The minimum atomic E-state index is -4.19. The van der Waals surface area contributed by atoms with Crippen molar-refractivity contribution in [3.8, 4) is 0 Å². The standard InChI is InChI=1S/C13H9Cl3N2O5S/c1-23-18(13-5-2-8(17(19)20)6-12(13)16)24(21,22)9-3-4-10(14)11(15)7-9/h2-7H,1H3. The van der Waals surface area contributed by atoms with Gasteiger partial charge in [-0.1, -0.05) is 34.8 Å². The molecule has 2 rings (SSSR count). The number of sulfonamides is 1. The van der Waals surface area contributed by atoms with Crippen molar-refractivity contribution in [3.63, 3.8) is 0 Å². The number of hydrogen-bond donors (Lipinski definition) is 0. The molecule has 24 heavy (non-hydrogen) atoms. The minimum absolute atomic E-state index is 0.0450. The van der Waals surface area contributed by atoms with E-state index in [1.54, 1.807) is 0 Å². The molecular formula is C13H9Cl3N2O5S. The molecule has 0 aliphatic heterocycles. The molecule has 0 fully saturated rings. The lowest BCUT2D eigenvalue weighted by molar-refractivity contribution is -0.384. The van der Waals surface area contributed by atoms with E-state index in [0.29, 0.717) is 4.47 Å². The predicted octanol–water partition coefficient (Wildman–Crippen LogP) is 4.31. The first-order valence-electron chi connectivity index (χ1n) is 6.17. The summed E-state index contributed by atoms with van der Waals surface area (Å²) < 4.78 is 26.0. The summed E-state index contributed by atoms with van der Waals surface area (Å²) in [5.41, 5.74) is -0.373. The zero-order chi connectivity index (χ0) is 18.1. The van der Waals surface area contributed by atoms with Crippen molar-refractivity contribution in [3.05, 3.63) is 61.6 Å². The maximum absolute atomic E-state index is 12.7. The Morgan fingerprint density at radius 2 is 1.71 bits per heavy atom. The monoisotopic (exact) mass is 410 g/mol. The van der Waals surface area contributed by atoms with Crippen molar-refractivity contribution in [2.24, 2.45) is 0 Å². The smallest absolute Gasteiger partial charge is 0.262 e. The highest BCUT2D eigenvalue weighted by atomic mass is 35.5. The Labute approximate surface area is 152 Å². The predicted molar refractivity (Wildman–Crippen MR) is 91.2 cm³/mol. The first kappa shape index (κ1) is 18.8. The van der Waals surface area contributed by atoms with Gasteiger partial charge in [-0.3, -0.25) is 15.0 Å². The maximum Gasteiger partial charge on any atom is 0.286 e. The van der Waals surface area contributed by atoms with Crippen LogP contribution in [-0.2, 0) is 14.9 Å². The summed E-state index contributed by atoms with van der Waals surface area (Å²) >= 11 is 17.6. The van der Waals surface area contributed by atoms with E-state index >= 15 is 0 Å². The molecule has 0 bridgehead atoms. The van der Waals surface area contributed by atoms with Gasteiger partial charge in [-0.2, -0.15) is 8.42 Å². The van der Waals surface area contributed by atoms with Gasteiger partial charge < -0.3 is 0 Å². The molecule has 0 aliphatic carbocycles. The summed E-state index contributed by atoms with van der Waals surface area (Å²) in [5, 5.41) is 10.8. The Balaban J connectivity index is 2.54. The molecule has 0 aromatic heterocycles. The molecule has 0 N–H and O–H groups in total. The Kier molecular flexibility index (Phi) is 5.56. The van der Waals surface area contributed by atoms with Crippen molar-refractivity contribution >= 4 is 56.2 Å². The molecule has 0 spiro atoms. The van der Waals surface area contributed by atoms with Crippen LogP contribution in [0.1, 0.15) is 0 Å². The molecule has 0 aliphatic rings. The fraction of sp³-hybridized carbons (Fsp3) is 0.0769. The van der Waals surface area contributed by atoms with E-state index in [1.165, 1.54) is 18.2 Å². The quantitative estimate of drug-likeness (QED) is 0.540. The zero-order valence-corrected chi connectivity index (χ0v) is 15.0. The maximum atomic E-state index is 12.7. The Bertz CT molecular complexity index is 904. The van der Waals surface area contributed by atoms with Crippen LogP contribution in [0.25, 0.3) is 0 Å². The van der Waals surface area contributed by atoms with Crippen LogP contribution in [-0.4, -0.2) is 20.5 Å². The first-order valence-corrected chi connectivity index (χ1v) is 8.74. The molecule has 0 saturated heterocycles. The van der Waals surface area contributed by atoms with Crippen LogP contribution in [0.5, 0.6) is 0 Å². The molecule has 0 atom stereocenters. The molecule has 128 valence electrons. The molecule has 2 aromatic rings. The van der Waals surface area contributed by atoms with Gasteiger partial charge >= 0.3 is 0 Å². The normalized spacial score (nSPS) is 11.3. The second-order valence-electron chi connectivity index (χ2n) is 4.38. The fourth-order valence-corrected chi connectivity index (χ4v) is 3.79. The van der Waals surface area contributed by atoms with Crippen molar-refractivity contribution in [2.45, 2.75) is 4.90 Å². The highest BCUT2D eigenvalue weighted by Crippen LogP contribution is 2.34. The molecule has 0 heterocycles. The third kappa shape index (κ3) is 3.57. The summed E-state index contributed by atoms with van der Waals surface area (Å²) in [5.74, 6) is 0. The molecule has 0 saturated carbocycles. The average Bonchev–Trinajstić information content (AvgIpc) is 2.51. The summed E-state index contributed by atoms with van der Waals surface area (Å²) in [6.45, 7) is 0. The van der Waals surface area contributed by atoms with Crippen molar-refractivity contribution < 1.29 is 18.2 Å². The Morgan fingerprint density at radius 1 is 1.04 bits per heavy atom. The lowest BCUT2D eigenvalue weighted by atomic mass is 10.3. The molecule has 11 heteroatoms. The summed E-state index contributed by atoms with van der Waals surface area (Å²) in [4.78, 5) is 14.8. The SMILES string of the molecule is CON(c1ccc([N+](=O)[O-])cc1Cl)S(=O)(=O)c1ccc(Cl)c(Cl)c1. The van der Waals surface area contributed by atoms with E-state index in [4.69, 9.17) is 39.6 Å². The molecule has 2 aromatic carbocycles. The summed E-state index contributed by atoms with van der Waals surface area (Å²) in [6, 6.07) is 7.02. The number of nitrogens with zero attached hydrogens (tertiary/aromatic N) is 2. The number of hydrogen-bond acceptors (Lipinski definition) is 5. The van der Waals surface area contributed by atoms with Crippen LogP contribution >= 0.6 is 34.8 Å². The number of benzene rings is 2. The highest BCUT2D eigenvalue weighted by Gasteiger charge is 2.28. The van der Waals surface area contributed by atoms with Gasteiger partial charge in [0.05, 0.1) is 32.0 Å². The van der Waals surface area contributed by atoms with E-state index in [1.807, 2.05) is 0 Å². The molecule has 0 radical (unpaired) electrons. The second kappa shape index (κ2) is 7.12. The number of anilines is 1. The molecular weight excluding hydrogens is 403 g/mol. The van der Waals surface area contributed by atoms with Crippen LogP contribution in [0.15, 0.2) is 41.3 Å². The average molecular weight is 412 g/mol. The van der Waals surface area contributed by atoms with Crippen molar-refractivity contribution in [1.82, 2.24) is 0 Å². The van der Waals surface area contributed by atoms with E-state index in [-0.39, 0.29) is 31.3 Å². The first-order chi connectivity index (χ1) is 11.2. The van der Waals surface area contributed by atoms with E-state index in [0.717, 1.165) is 25.3 Å². The molecule has 0 amide bonds. The van der Waals surface area contributed by atoms with Crippen molar-refractivity contribution in [2.75, 3.05) is 11.6 Å². The van der Waals surface area contributed by atoms with Crippen molar-refractivity contribution in [1.29, 1.82) is 0 Å². The van der Waals surface area contributed by atoms with E-state index < -0.39 is 14.9 Å². The number of rotatable bonds is 5. The number of nitro benzene ring substituents is 1. The molecule has 0 unspecified atom stereocenters. The van der Waals surface area contributed by atoms with Gasteiger partial charge in [-0.05, 0) is 24.3 Å². The van der Waals surface area contributed by atoms with Crippen LogP contribution < -0.4 is 4.47 Å². The van der Waals surface area contributed by atoms with Gasteiger partial charge in [0.25, 0.3) is 15.7 Å². The van der Waals surface area contributed by atoms with Crippen LogP contribution in [0, 0.1) is 10.1 Å². The lowest BCUT2D eigenvalue weighted by Crippen LogP contribution is -2.30. The van der Waals surface area contributed by atoms with Gasteiger partial charge in [-0.15, -0.1) is 4.47 Å². The van der Waals surface area contributed by atoms with Gasteiger partial charge in [0.1, 0.15) is 5.69 Å². The Morgan fingerprint density at radius 3 is 2.21 bits per heavy atom. The van der Waals surface area contributed by atoms with Gasteiger partial charge in [0, 0.05) is 12.1 Å². The highest BCUT2D eigenvalue weighted by molar-refractivity contribution is 7.92. The van der Waals surface area contributed by atoms with Crippen LogP contribution in [0.2, 0.25) is 15.1 Å². The van der Waals surface area contributed by atoms with E-state index in [9.17, 15) is 18.5 Å². The zero-order valence-electron chi connectivity index (χ0n) is 11.9. The largest absolute Gasteiger partial charge is 0.286 e. The second-order valence-corrected chi connectivity index (χ2v) is 7.36. The minimum Gasteiger partial charge on any atom is -0.262 e. The van der Waals surface area contributed by atoms with Gasteiger partial charge in [0.15, 0.2) is 0 Å². The number of nitro groups is 1. The van der Waals surface area contributed by atoms with E-state index in [2.05, 4.69) is 0 Å². The number of non-ortho nitro benzene ring substituents is 1. The Hall–Kier alpha value is -1.58. The fourth-order valence-electron chi connectivity index (χ4n) is 1.82. The van der Waals surface area contributed by atoms with Crippen LogP contribution in [0.3, 0.4) is 0 Å².